The van der Waals surface area contributed by atoms with E-state index < -0.39 is 0 Å². The number of H-pyrrole nitrogens is 2. The summed E-state index contributed by atoms with van der Waals surface area (Å²) in [5.74, 6) is 0.911. The highest BCUT2D eigenvalue weighted by molar-refractivity contribution is 6.31. The van der Waals surface area contributed by atoms with Gasteiger partial charge in [0.25, 0.3) is 0 Å². The van der Waals surface area contributed by atoms with Crippen molar-refractivity contribution in [1.82, 2.24) is 20.2 Å². The summed E-state index contributed by atoms with van der Waals surface area (Å²) in [6, 6.07) is 28.1. The SMILES string of the molecule is Cc1ccccc1-c1nnc(-c2ccc(C(c3c[nH]c4ccc(Cl)cc34)c3c[nH]c4ccc(Cl)cc34)cc2)o1. The number of hydrogen-bond acceptors (Lipinski definition) is 3. The number of nitrogens with zero attached hydrogens (tertiary/aromatic N) is 2. The third-order valence-corrected chi connectivity index (χ3v) is 7.74. The lowest BCUT2D eigenvalue weighted by molar-refractivity contribution is 0.584. The van der Waals surface area contributed by atoms with Crippen LogP contribution in [-0.4, -0.2) is 20.2 Å². The Morgan fingerprint density at radius 2 is 1.28 bits per heavy atom. The van der Waals surface area contributed by atoms with Gasteiger partial charge in [0.2, 0.25) is 11.8 Å². The van der Waals surface area contributed by atoms with E-state index in [2.05, 4.69) is 44.7 Å². The van der Waals surface area contributed by atoms with Gasteiger partial charge in [-0.05, 0) is 83.8 Å². The number of benzene rings is 4. The molecule has 0 aliphatic carbocycles. The monoisotopic (exact) mass is 548 g/mol. The molecule has 7 aromatic rings. The lowest BCUT2D eigenvalue weighted by Gasteiger charge is -2.18. The minimum absolute atomic E-state index is 0.0799. The Labute approximate surface area is 234 Å². The molecule has 0 atom stereocenters. The van der Waals surface area contributed by atoms with Crippen molar-refractivity contribution in [3.63, 3.8) is 0 Å². The van der Waals surface area contributed by atoms with Gasteiger partial charge in [0.05, 0.1) is 0 Å². The van der Waals surface area contributed by atoms with Crippen LogP contribution >= 0.6 is 23.2 Å². The molecule has 0 amide bonds. The molecule has 5 nitrogen and oxygen atoms in total. The summed E-state index contributed by atoms with van der Waals surface area (Å²) in [5, 5.41) is 12.2. The van der Waals surface area contributed by atoms with Crippen molar-refractivity contribution in [1.29, 1.82) is 0 Å². The quantitative estimate of drug-likeness (QED) is 0.225. The van der Waals surface area contributed by atoms with E-state index in [1.165, 1.54) is 0 Å². The first-order chi connectivity index (χ1) is 19.0. The largest absolute Gasteiger partial charge is 0.416 e. The molecule has 190 valence electrons. The lowest BCUT2D eigenvalue weighted by atomic mass is 9.84. The smallest absolute Gasteiger partial charge is 0.248 e. The lowest BCUT2D eigenvalue weighted by Crippen LogP contribution is -2.02. The molecule has 7 rings (SSSR count). The van der Waals surface area contributed by atoms with E-state index in [1.807, 2.05) is 79.7 Å². The van der Waals surface area contributed by atoms with Gasteiger partial charge < -0.3 is 14.4 Å². The maximum Gasteiger partial charge on any atom is 0.248 e. The molecule has 2 N–H and O–H groups in total. The van der Waals surface area contributed by atoms with Crippen LogP contribution in [0.3, 0.4) is 0 Å². The van der Waals surface area contributed by atoms with Gasteiger partial charge in [-0.25, -0.2) is 0 Å². The average molecular weight is 549 g/mol. The normalized spacial score (nSPS) is 11.7. The predicted molar refractivity (Wildman–Crippen MR) is 157 cm³/mol. The summed E-state index contributed by atoms with van der Waals surface area (Å²) in [5.41, 5.74) is 8.30. The van der Waals surface area contributed by atoms with Gasteiger partial charge in [-0.3, -0.25) is 0 Å². The molecule has 39 heavy (non-hydrogen) atoms. The molecule has 0 unspecified atom stereocenters. The van der Waals surface area contributed by atoms with Crippen molar-refractivity contribution in [2.75, 3.05) is 0 Å². The zero-order valence-electron chi connectivity index (χ0n) is 20.9. The van der Waals surface area contributed by atoms with Crippen LogP contribution in [0.4, 0.5) is 0 Å². The molecule has 0 aliphatic rings. The zero-order valence-corrected chi connectivity index (χ0v) is 22.4. The van der Waals surface area contributed by atoms with Crippen LogP contribution < -0.4 is 0 Å². The molecular formula is C32H22Cl2N4O. The number of halogens is 2. The molecule has 0 bridgehead atoms. The molecule has 0 aliphatic heterocycles. The fraction of sp³-hybridized carbons (Fsp3) is 0.0625. The Morgan fingerprint density at radius 1 is 0.692 bits per heavy atom. The summed E-state index contributed by atoms with van der Waals surface area (Å²) >= 11 is 12.8. The third kappa shape index (κ3) is 4.20. The Hall–Kier alpha value is -4.32. The van der Waals surface area contributed by atoms with Crippen molar-refractivity contribution in [3.05, 3.63) is 130 Å². The molecule has 7 heteroatoms. The van der Waals surface area contributed by atoms with Crippen LogP contribution in [0.15, 0.2) is 102 Å². The van der Waals surface area contributed by atoms with Crippen LogP contribution in [0.25, 0.3) is 44.7 Å². The minimum Gasteiger partial charge on any atom is -0.416 e. The van der Waals surface area contributed by atoms with E-state index in [1.54, 1.807) is 0 Å². The maximum atomic E-state index is 6.42. The Bertz CT molecular complexity index is 1890. The van der Waals surface area contributed by atoms with Gasteiger partial charge in [0.1, 0.15) is 0 Å². The molecular weight excluding hydrogens is 527 g/mol. The predicted octanol–water partition coefficient (Wildman–Crippen LogP) is 9.16. The first kappa shape index (κ1) is 23.8. The van der Waals surface area contributed by atoms with Crippen molar-refractivity contribution in [2.45, 2.75) is 12.8 Å². The first-order valence-corrected chi connectivity index (χ1v) is 13.3. The van der Waals surface area contributed by atoms with Crippen LogP contribution in [0, 0.1) is 6.92 Å². The molecule has 0 saturated carbocycles. The molecule has 4 aromatic carbocycles. The zero-order chi connectivity index (χ0) is 26.5. The second-order valence-electron chi connectivity index (χ2n) is 9.65. The van der Waals surface area contributed by atoms with Crippen molar-refractivity contribution in [3.8, 4) is 22.9 Å². The second kappa shape index (κ2) is 9.45. The molecule has 3 heterocycles. The fourth-order valence-electron chi connectivity index (χ4n) is 5.31. The van der Waals surface area contributed by atoms with Crippen LogP contribution in [0.2, 0.25) is 10.0 Å². The van der Waals surface area contributed by atoms with Gasteiger partial charge >= 0.3 is 0 Å². The third-order valence-electron chi connectivity index (χ3n) is 7.27. The number of rotatable bonds is 5. The molecule has 0 saturated heterocycles. The highest BCUT2D eigenvalue weighted by Crippen LogP contribution is 2.41. The standard InChI is InChI=1S/C32H22Cl2N4O/c1-18-4-2-3-5-23(18)32-38-37-31(39-32)20-8-6-19(7-9-20)30(26-16-35-28-12-10-21(33)14-24(26)28)27-17-36-29-13-11-22(34)15-25(27)29/h2-17,30,35-36H,1H3. The van der Waals surface area contributed by atoms with Gasteiger partial charge in [0.15, 0.2) is 0 Å². The number of aryl methyl sites for hydroxylation is 1. The fourth-order valence-corrected chi connectivity index (χ4v) is 5.66. The van der Waals surface area contributed by atoms with E-state index in [0.717, 1.165) is 55.2 Å². The average Bonchev–Trinajstić information content (AvgIpc) is 3.69. The first-order valence-electron chi connectivity index (χ1n) is 12.6. The summed E-state index contributed by atoms with van der Waals surface area (Å²) < 4.78 is 6.06. The van der Waals surface area contributed by atoms with Crippen molar-refractivity contribution in [2.24, 2.45) is 0 Å². The van der Waals surface area contributed by atoms with Gasteiger partial charge in [-0.1, -0.05) is 53.5 Å². The Kier molecular flexibility index (Phi) is 5.76. The second-order valence-corrected chi connectivity index (χ2v) is 10.5. The highest BCUT2D eigenvalue weighted by Gasteiger charge is 2.24. The van der Waals surface area contributed by atoms with Gasteiger partial charge in [-0.15, -0.1) is 10.2 Å². The number of aromatic nitrogens is 4. The summed E-state index contributed by atoms with van der Waals surface area (Å²) in [6.45, 7) is 2.03. The number of fused-ring (bicyclic) bond motifs is 2. The maximum absolute atomic E-state index is 6.42. The van der Waals surface area contributed by atoms with E-state index in [-0.39, 0.29) is 5.92 Å². The molecule has 0 spiro atoms. The summed E-state index contributed by atoms with van der Waals surface area (Å²) in [4.78, 5) is 6.84. The minimum atomic E-state index is -0.0799. The molecule has 3 aromatic heterocycles. The van der Waals surface area contributed by atoms with E-state index >= 15 is 0 Å². The number of hydrogen-bond donors (Lipinski definition) is 2. The molecule has 0 radical (unpaired) electrons. The topological polar surface area (TPSA) is 70.5 Å². The van der Waals surface area contributed by atoms with E-state index in [4.69, 9.17) is 27.6 Å². The Morgan fingerprint density at radius 3 is 1.90 bits per heavy atom. The molecule has 0 fully saturated rings. The van der Waals surface area contributed by atoms with Crippen molar-refractivity contribution >= 4 is 45.0 Å². The van der Waals surface area contributed by atoms with Crippen LogP contribution in [0.1, 0.15) is 28.2 Å². The van der Waals surface area contributed by atoms with Crippen LogP contribution in [0.5, 0.6) is 0 Å². The van der Waals surface area contributed by atoms with Crippen molar-refractivity contribution < 1.29 is 4.42 Å². The highest BCUT2D eigenvalue weighted by atomic mass is 35.5. The number of nitrogens with one attached hydrogen (secondary N) is 2. The summed E-state index contributed by atoms with van der Waals surface area (Å²) in [7, 11) is 0. The van der Waals surface area contributed by atoms with Crippen LogP contribution in [-0.2, 0) is 0 Å². The Balaban J connectivity index is 1.34. The summed E-state index contributed by atoms with van der Waals surface area (Å²) in [6.07, 6.45) is 4.13. The number of aromatic amines is 2. The van der Waals surface area contributed by atoms with Gasteiger partial charge in [0, 0.05) is 61.3 Å². The van der Waals surface area contributed by atoms with E-state index in [0.29, 0.717) is 21.8 Å². The van der Waals surface area contributed by atoms with E-state index in [9.17, 15) is 0 Å². The van der Waals surface area contributed by atoms with Gasteiger partial charge in [-0.2, -0.15) is 0 Å².